The average Bonchev–Trinajstić information content (AvgIpc) is 3.32. The molecule has 1 fully saturated rings. The van der Waals surface area contributed by atoms with Crippen LogP contribution in [-0.4, -0.2) is 19.6 Å². The Balaban J connectivity index is 1.62. The molecule has 0 amide bonds. The molecule has 5 nitrogen and oxygen atoms in total. The van der Waals surface area contributed by atoms with E-state index < -0.39 is 0 Å². The van der Waals surface area contributed by atoms with Crippen molar-refractivity contribution >= 4 is 23.0 Å². The van der Waals surface area contributed by atoms with Crippen LogP contribution in [0.15, 0.2) is 85.3 Å². The molecule has 32 heavy (non-hydrogen) atoms. The van der Waals surface area contributed by atoms with Crippen molar-refractivity contribution in [3.63, 3.8) is 0 Å². The lowest BCUT2D eigenvalue weighted by Crippen LogP contribution is -2.29. The highest BCUT2D eigenvalue weighted by Crippen LogP contribution is 2.43. The summed E-state index contributed by atoms with van der Waals surface area (Å²) in [6.45, 7) is 5.14. The van der Waals surface area contributed by atoms with Gasteiger partial charge in [0.15, 0.2) is 5.11 Å². The third-order valence-electron chi connectivity index (χ3n) is 6.13. The fraction of sp³-hybridized carbons (Fsp3) is 0.192. The first-order valence-electron chi connectivity index (χ1n) is 10.7. The van der Waals surface area contributed by atoms with E-state index >= 15 is 0 Å². The molecule has 0 aliphatic carbocycles. The van der Waals surface area contributed by atoms with Gasteiger partial charge in [-0.3, -0.25) is 9.97 Å². The lowest BCUT2D eigenvalue weighted by molar-refractivity contribution is 0.563. The van der Waals surface area contributed by atoms with E-state index in [1.165, 1.54) is 22.5 Å². The minimum atomic E-state index is -0.0451. The van der Waals surface area contributed by atoms with E-state index in [-0.39, 0.29) is 12.1 Å². The second kappa shape index (κ2) is 8.55. The summed E-state index contributed by atoms with van der Waals surface area (Å²) in [6, 6.07) is 22.7. The van der Waals surface area contributed by atoms with E-state index in [9.17, 15) is 0 Å². The molecule has 0 saturated carbocycles. The molecule has 1 aromatic carbocycles. The molecular formula is C26H25N5S. The van der Waals surface area contributed by atoms with Gasteiger partial charge >= 0.3 is 0 Å². The molecule has 0 radical (unpaired) electrons. The summed E-state index contributed by atoms with van der Waals surface area (Å²) in [5.41, 5.74) is 6.93. The third kappa shape index (κ3) is 3.67. The van der Waals surface area contributed by atoms with Crippen LogP contribution in [0.3, 0.4) is 0 Å². The number of thiocarbonyl (C=S) groups is 1. The van der Waals surface area contributed by atoms with Crippen LogP contribution in [0.25, 0.3) is 0 Å². The molecule has 1 aliphatic rings. The number of hydrogen-bond acceptors (Lipinski definition) is 3. The van der Waals surface area contributed by atoms with Gasteiger partial charge in [0.25, 0.3) is 0 Å². The molecule has 160 valence electrons. The number of benzene rings is 1. The van der Waals surface area contributed by atoms with E-state index in [0.29, 0.717) is 5.11 Å². The first kappa shape index (κ1) is 20.4. The number of rotatable bonds is 5. The van der Waals surface area contributed by atoms with Gasteiger partial charge in [0.1, 0.15) is 0 Å². The van der Waals surface area contributed by atoms with Crippen molar-refractivity contribution in [2.75, 3.05) is 4.90 Å². The summed E-state index contributed by atoms with van der Waals surface area (Å²) in [5, 5.41) is 4.27. The molecular weight excluding hydrogens is 414 g/mol. The molecule has 0 spiro atoms. The second-order valence-electron chi connectivity index (χ2n) is 8.11. The molecule has 1 N–H and O–H groups in total. The highest BCUT2D eigenvalue weighted by atomic mass is 32.1. The Bertz CT molecular complexity index is 1220. The smallest absolute Gasteiger partial charge is 0.174 e. The van der Waals surface area contributed by atoms with Gasteiger partial charge in [0, 0.05) is 42.2 Å². The lowest BCUT2D eigenvalue weighted by atomic mass is 9.96. The molecule has 4 heterocycles. The van der Waals surface area contributed by atoms with Crippen molar-refractivity contribution in [1.29, 1.82) is 0 Å². The highest BCUT2D eigenvalue weighted by Gasteiger charge is 2.42. The largest absolute Gasteiger partial charge is 0.351 e. The minimum absolute atomic E-state index is 0.00588. The van der Waals surface area contributed by atoms with Crippen LogP contribution in [-0.2, 0) is 6.54 Å². The van der Waals surface area contributed by atoms with Crippen molar-refractivity contribution in [2.24, 2.45) is 0 Å². The lowest BCUT2D eigenvalue weighted by Gasteiger charge is -2.28. The van der Waals surface area contributed by atoms with Gasteiger partial charge in [-0.2, -0.15) is 0 Å². The van der Waals surface area contributed by atoms with Crippen LogP contribution in [0.2, 0.25) is 0 Å². The summed E-state index contributed by atoms with van der Waals surface area (Å²) >= 11 is 5.84. The SMILES string of the molecule is Cc1cc([C@@H]2[C@H](c3ccccn3)NC(=S)N2c2ccccc2)c(C)n1Cc1cccnc1. The Morgan fingerprint density at radius 3 is 2.50 bits per heavy atom. The molecule has 3 aromatic heterocycles. The highest BCUT2D eigenvalue weighted by molar-refractivity contribution is 7.80. The first-order chi connectivity index (χ1) is 15.6. The number of anilines is 1. The van der Waals surface area contributed by atoms with Gasteiger partial charge in [-0.05, 0) is 73.6 Å². The Morgan fingerprint density at radius 2 is 1.78 bits per heavy atom. The molecule has 5 rings (SSSR count). The van der Waals surface area contributed by atoms with Crippen molar-refractivity contribution in [1.82, 2.24) is 19.9 Å². The predicted octanol–water partition coefficient (Wildman–Crippen LogP) is 5.12. The Kier molecular flexibility index (Phi) is 5.45. The van der Waals surface area contributed by atoms with Crippen LogP contribution in [0.5, 0.6) is 0 Å². The third-order valence-corrected chi connectivity index (χ3v) is 6.44. The number of hydrogen-bond donors (Lipinski definition) is 1. The van der Waals surface area contributed by atoms with E-state index in [1.807, 2.05) is 42.9 Å². The molecule has 1 aliphatic heterocycles. The molecule has 0 bridgehead atoms. The molecule has 1 saturated heterocycles. The van der Waals surface area contributed by atoms with E-state index in [0.717, 1.165) is 17.9 Å². The van der Waals surface area contributed by atoms with Crippen LogP contribution in [0, 0.1) is 13.8 Å². The van der Waals surface area contributed by atoms with E-state index in [4.69, 9.17) is 12.2 Å². The zero-order valence-corrected chi connectivity index (χ0v) is 19.0. The van der Waals surface area contributed by atoms with E-state index in [1.54, 1.807) is 0 Å². The zero-order valence-electron chi connectivity index (χ0n) is 18.1. The summed E-state index contributed by atoms with van der Waals surface area (Å²) in [4.78, 5) is 11.2. The maximum Gasteiger partial charge on any atom is 0.174 e. The van der Waals surface area contributed by atoms with Crippen LogP contribution in [0.4, 0.5) is 5.69 Å². The fourth-order valence-corrected chi connectivity index (χ4v) is 4.93. The molecule has 0 unspecified atom stereocenters. The van der Waals surface area contributed by atoms with Gasteiger partial charge in [0.05, 0.1) is 17.8 Å². The summed E-state index contributed by atoms with van der Waals surface area (Å²) in [7, 11) is 0. The second-order valence-corrected chi connectivity index (χ2v) is 8.49. The van der Waals surface area contributed by atoms with Gasteiger partial charge in [-0.25, -0.2) is 0 Å². The Labute approximate surface area is 193 Å². The van der Waals surface area contributed by atoms with Crippen LogP contribution >= 0.6 is 12.2 Å². The van der Waals surface area contributed by atoms with Crippen molar-refractivity contribution < 1.29 is 0 Å². The van der Waals surface area contributed by atoms with Gasteiger partial charge < -0.3 is 14.8 Å². The average molecular weight is 440 g/mol. The normalized spacial score (nSPS) is 18.1. The summed E-state index contributed by atoms with van der Waals surface area (Å²) in [6.07, 6.45) is 5.58. The number of nitrogens with one attached hydrogen (secondary N) is 1. The van der Waals surface area contributed by atoms with Crippen LogP contribution in [0.1, 0.15) is 40.3 Å². The summed E-state index contributed by atoms with van der Waals surface area (Å²) in [5.74, 6) is 0. The van der Waals surface area contributed by atoms with E-state index in [2.05, 4.69) is 81.1 Å². The first-order valence-corrected chi connectivity index (χ1v) is 11.2. The topological polar surface area (TPSA) is 46.0 Å². The Morgan fingerprint density at radius 1 is 0.969 bits per heavy atom. The standard InChI is InChI=1S/C26H25N5S/c1-18-15-22(19(2)30(18)17-20-9-8-13-27-16-20)25-24(23-12-6-7-14-28-23)29-26(32)31(25)21-10-4-3-5-11-21/h3-16,24-25H,17H2,1-2H3,(H,29,32)/t24-,25+/m0/s1. The number of aryl methyl sites for hydroxylation is 1. The number of aromatic nitrogens is 3. The van der Waals surface area contributed by atoms with Crippen LogP contribution < -0.4 is 10.2 Å². The van der Waals surface area contributed by atoms with Gasteiger partial charge in [-0.1, -0.05) is 30.3 Å². The number of pyridine rings is 2. The summed E-state index contributed by atoms with van der Waals surface area (Å²) < 4.78 is 2.35. The predicted molar refractivity (Wildman–Crippen MR) is 132 cm³/mol. The number of nitrogens with zero attached hydrogens (tertiary/aromatic N) is 4. The molecule has 2 atom stereocenters. The monoisotopic (exact) mass is 439 g/mol. The van der Waals surface area contributed by atoms with Crippen molar-refractivity contribution in [3.05, 3.63) is 114 Å². The number of para-hydroxylation sites is 1. The molecule has 4 aromatic rings. The fourth-order valence-electron chi connectivity index (χ4n) is 4.58. The van der Waals surface area contributed by atoms with Gasteiger partial charge in [-0.15, -0.1) is 0 Å². The van der Waals surface area contributed by atoms with Crippen molar-refractivity contribution in [2.45, 2.75) is 32.5 Å². The maximum atomic E-state index is 5.84. The van der Waals surface area contributed by atoms with Gasteiger partial charge in [0.2, 0.25) is 0 Å². The zero-order chi connectivity index (χ0) is 22.1. The Hall–Kier alpha value is -3.51. The molecule has 6 heteroatoms. The maximum absolute atomic E-state index is 5.84. The minimum Gasteiger partial charge on any atom is -0.351 e. The quantitative estimate of drug-likeness (QED) is 0.437. The van der Waals surface area contributed by atoms with Crippen molar-refractivity contribution in [3.8, 4) is 0 Å².